The van der Waals surface area contributed by atoms with Gasteiger partial charge in [0, 0.05) is 31.9 Å². The average molecular weight is 256 g/mol. The van der Waals surface area contributed by atoms with Gasteiger partial charge >= 0.3 is 0 Å². The molecule has 0 atom stereocenters. The van der Waals surface area contributed by atoms with Gasteiger partial charge in [-0.1, -0.05) is 17.7 Å². The fraction of sp³-hybridized carbons (Fsp3) is 0.333. The van der Waals surface area contributed by atoms with Crippen molar-refractivity contribution in [3.8, 4) is 11.4 Å². The number of aryl methyl sites for hydroxylation is 2. The minimum Gasteiger partial charge on any atom is -0.358 e. The number of nitrogens with zero attached hydrogens (tertiary/aromatic N) is 3. The number of benzene rings is 1. The van der Waals surface area contributed by atoms with Crippen LogP contribution >= 0.6 is 0 Å². The smallest absolute Gasteiger partial charge is 0.161 e. The van der Waals surface area contributed by atoms with E-state index in [1.807, 2.05) is 18.0 Å². The molecule has 0 radical (unpaired) electrons. The zero-order chi connectivity index (χ0) is 13.8. The van der Waals surface area contributed by atoms with Crippen molar-refractivity contribution in [3.63, 3.8) is 0 Å². The predicted molar refractivity (Wildman–Crippen MR) is 79.3 cm³/mol. The Balaban J connectivity index is 2.40. The number of likely N-dealkylation sites (N-methyl/N-ethyl adjacent to an activating group) is 1. The lowest BCUT2D eigenvalue weighted by Gasteiger charge is -2.17. The summed E-state index contributed by atoms with van der Waals surface area (Å²) in [7, 11) is 1.99. The van der Waals surface area contributed by atoms with E-state index in [1.165, 1.54) is 11.1 Å². The molecular weight excluding hydrogens is 236 g/mol. The van der Waals surface area contributed by atoms with Gasteiger partial charge in [0.1, 0.15) is 5.82 Å². The van der Waals surface area contributed by atoms with E-state index < -0.39 is 0 Å². The average Bonchev–Trinajstić information content (AvgIpc) is 2.42. The van der Waals surface area contributed by atoms with Gasteiger partial charge < -0.3 is 10.6 Å². The minimum atomic E-state index is 0.610. The van der Waals surface area contributed by atoms with E-state index in [-0.39, 0.29) is 0 Å². The Bertz CT molecular complexity index is 566. The molecule has 1 heterocycles. The van der Waals surface area contributed by atoms with E-state index in [1.54, 1.807) is 6.20 Å². The van der Waals surface area contributed by atoms with Gasteiger partial charge in [0.15, 0.2) is 5.82 Å². The summed E-state index contributed by atoms with van der Waals surface area (Å²) in [5.41, 5.74) is 9.06. The topological polar surface area (TPSA) is 55.0 Å². The molecule has 0 bridgehead atoms. The van der Waals surface area contributed by atoms with Gasteiger partial charge in [-0.25, -0.2) is 9.97 Å². The van der Waals surface area contributed by atoms with Gasteiger partial charge in [-0.05, 0) is 31.5 Å². The highest BCUT2D eigenvalue weighted by molar-refractivity contribution is 5.62. The van der Waals surface area contributed by atoms with Gasteiger partial charge in [0.05, 0.1) is 0 Å². The molecule has 0 aliphatic carbocycles. The van der Waals surface area contributed by atoms with Crippen molar-refractivity contribution in [2.45, 2.75) is 13.8 Å². The molecule has 0 unspecified atom stereocenters. The molecule has 0 spiro atoms. The Labute approximate surface area is 114 Å². The summed E-state index contributed by atoms with van der Waals surface area (Å²) in [5, 5.41) is 0. The summed E-state index contributed by atoms with van der Waals surface area (Å²) in [6.45, 7) is 5.55. The molecule has 4 heteroatoms. The van der Waals surface area contributed by atoms with Crippen molar-refractivity contribution in [2.75, 3.05) is 25.0 Å². The van der Waals surface area contributed by atoms with Crippen LogP contribution < -0.4 is 10.6 Å². The Kier molecular flexibility index (Phi) is 4.12. The molecule has 2 N–H and O–H groups in total. The summed E-state index contributed by atoms with van der Waals surface area (Å²) in [6.07, 6.45) is 1.80. The number of aromatic nitrogens is 2. The maximum Gasteiger partial charge on any atom is 0.161 e. The lowest BCUT2D eigenvalue weighted by Crippen LogP contribution is -2.25. The fourth-order valence-corrected chi connectivity index (χ4v) is 1.98. The molecule has 4 nitrogen and oxygen atoms in total. The molecule has 0 aliphatic rings. The van der Waals surface area contributed by atoms with Crippen LogP contribution in [0.4, 0.5) is 5.82 Å². The van der Waals surface area contributed by atoms with Crippen LogP contribution in [0, 0.1) is 13.8 Å². The highest BCUT2D eigenvalue weighted by Gasteiger charge is 2.08. The Morgan fingerprint density at radius 3 is 2.74 bits per heavy atom. The zero-order valence-electron chi connectivity index (χ0n) is 11.7. The molecule has 0 fully saturated rings. The maximum atomic E-state index is 5.57. The Morgan fingerprint density at radius 2 is 2.00 bits per heavy atom. The van der Waals surface area contributed by atoms with Crippen molar-refractivity contribution < 1.29 is 0 Å². The number of rotatable bonds is 4. The van der Waals surface area contributed by atoms with Gasteiger partial charge in [0.2, 0.25) is 0 Å². The first kappa shape index (κ1) is 13.5. The molecule has 0 saturated heterocycles. The summed E-state index contributed by atoms with van der Waals surface area (Å²) in [4.78, 5) is 11.0. The van der Waals surface area contributed by atoms with Gasteiger partial charge in [-0.3, -0.25) is 0 Å². The first-order valence-electron chi connectivity index (χ1n) is 6.43. The molecule has 2 rings (SSSR count). The van der Waals surface area contributed by atoms with Crippen LogP contribution in [0.25, 0.3) is 11.4 Å². The van der Waals surface area contributed by atoms with E-state index in [2.05, 4.69) is 42.0 Å². The molecular formula is C15H20N4. The van der Waals surface area contributed by atoms with Crippen LogP contribution in [0.2, 0.25) is 0 Å². The highest BCUT2D eigenvalue weighted by Crippen LogP contribution is 2.22. The third-order valence-electron chi connectivity index (χ3n) is 3.13. The third-order valence-corrected chi connectivity index (χ3v) is 3.13. The molecule has 1 aromatic heterocycles. The quantitative estimate of drug-likeness (QED) is 0.910. The van der Waals surface area contributed by atoms with Gasteiger partial charge in [-0.15, -0.1) is 0 Å². The number of nitrogens with two attached hydrogens (primary N) is 1. The second-order valence-corrected chi connectivity index (χ2v) is 4.77. The van der Waals surface area contributed by atoms with E-state index >= 15 is 0 Å². The molecule has 1 aromatic carbocycles. The van der Waals surface area contributed by atoms with Crippen molar-refractivity contribution in [1.29, 1.82) is 0 Å². The number of hydrogen-bond acceptors (Lipinski definition) is 4. The largest absolute Gasteiger partial charge is 0.358 e. The van der Waals surface area contributed by atoms with Crippen LogP contribution in [0.5, 0.6) is 0 Å². The van der Waals surface area contributed by atoms with Crippen LogP contribution in [0.3, 0.4) is 0 Å². The summed E-state index contributed by atoms with van der Waals surface area (Å²) in [6, 6.07) is 8.23. The molecule has 2 aromatic rings. The van der Waals surface area contributed by atoms with Crippen LogP contribution in [-0.2, 0) is 0 Å². The highest BCUT2D eigenvalue weighted by atomic mass is 15.2. The third kappa shape index (κ3) is 3.09. The predicted octanol–water partition coefficient (Wildman–Crippen LogP) is 2.16. The fourth-order valence-electron chi connectivity index (χ4n) is 1.98. The summed E-state index contributed by atoms with van der Waals surface area (Å²) in [5.74, 6) is 1.67. The Hall–Kier alpha value is -1.94. The minimum absolute atomic E-state index is 0.610. The van der Waals surface area contributed by atoms with Crippen LogP contribution in [-0.4, -0.2) is 30.1 Å². The lowest BCUT2D eigenvalue weighted by molar-refractivity contribution is 0.865. The second-order valence-electron chi connectivity index (χ2n) is 4.77. The molecule has 0 aliphatic heterocycles. The first-order chi connectivity index (χ1) is 9.11. The van der Waals surface area contributed by atoms with Crippen LogP contribution in [0.15, 0.2) is 30.5 Å². The van der Waals surface area contributed by atoms with Gasteiger partial charge in [-0.2, -0.15) is 0 Å². The lowest BCUT2D eigenvalue weighted by atomic mass is 10.1. The van der Waals surface area contributed by atoms with Crippen molar-refractivity contribution in [2.24, 2.45) is 5.73 Å². The maximum absolute atomic E-state index is 5.57. The number of hydrogen-bond donors (Lipinski definition) is 1. The molecule has 19 heavy (non-hydrogen) atoms. The van der Waals surface area contributed by atoms with E-state index in [9.17, 15) is 0 Å². The van der Waals surface area contributed by atoms with Crippen LogP contribution in [0.1, 0.15) is 11.1 Å². The summed E-state index contributed by atoms with van der Waals surface area (Å²) >= 11 is 0. The summed E-state index contributed by atoms with van der Waals surface area (Å²) < 4.78 is 0. The Morgan fingerprint density at radius 1 is 1.21 bits per heavy atom. The van der Waals surface area contributed by atoms with Crippen molar-refractivity contribution in [3.05, 3.63) is 41.6 Å². The molecule has 0 saturated carbocycles. The zero-order valence-corrected chi connectivity index (χ0v) is 11.7. The van der Waals surface area contributed by atoms with E-state index in [0.29, 0.717) is 6.54 Å². The first-order valence-corrected chi connectivity index (χ1v) is 6.43. The van der Waals surface area contributed by atoms with E-state index in [0.717, 1.165) is 23.8 Å². The molecule has 0 amide bonds. The van der Waals surface area contributed by atoms with Crippen molar-refractivity contribution >= 4 is 5.82 Å². The SMILES string of the molecule is Cc1ccc(C)c(-c2nccc(N(C)CCN)n2)c1. The number of anilines is 1. The normalized spacial score (nSPS) is 10.5. The monoisotopic (exact) mass is 256 g/mol. The molecule has 100 valence electrons. The van der Waals surface area contributed by atoms with E-state index in [4.69, 9.17) is 5.73 Å². The van der Waals surface area contributed by atoms with Crippen molar-refractivity contribution in [1.82, 2.24) is 9.97 Å². The van der Waals surface area contributed by atoms with Gasteiger partial charge in [0.25, 0.3) is 0 Å². The standard InChI is InChI=1S/C15H20N4/c1-11-4-5-12(2)13(10-11)15-17-8-6-14(18-15)19(3)9-7-16/h4-6,8,10H,7,9,16H2,1-3H3. The second kappa shape index (κ2) is 5.80.